The summed E-state index contributed by atoms with van der Waals surface area (Å²) in [4.78, 5) is 3.38. The maximum absolute atomic E-state index is 9.33. The van der Waals surface area contributed by atoms with Crippen molar-refractivity contribution in [3.05, 3.63) is 30.0 Å². The standard InChI is InChI=1S/C12H13NO/c14-10-5-4-9-6-11(8-2-1-3-8)13-12(9)7-10/h4-8,13-14H,1-3H2. The molecule has 2 aromatic rings. The number of benzene rings is 1. The molecule has 1 fully saturated rings. The van der Waals surface area contributed by atoms with Crippen LogP contribution in [0.15, 0.2) is 24.3 Å². The second-order valence-electron chi connectivity index (χ2n) is 4.12. The number of fused-ring (bicyclic) bond motifs is 1. The predicted octanol–water partition coefficient (Wildman–Crippen LogP) is 3.14. The highest BCUT2D eigenvalue weighted by Crippen LogP contribution is 2.37. The summed E-state index contributed by atoms with van der Waals surface area (Å²) in [5.74, 6) is 1.06. The van der Waals surface area contributed by atoms with Gasteiger partial charge >= 0.3 is 0 Å². The van der Waals surface area contributed by atoms with Crippen molar-refractivity contribution in [2.45, 2.75) is 25.2 Å². The van der Waals surface area contributed by atoms with E-state index in [2.05, 4.69) is 11.1 Å². The summed E-state index contributed by atoms with van der Waals surface area (Å²) in [6.07, 6.45) is 3.96. The van der Waals surface area contributed by atoms with Gasteiger partial charge in [-0.05, 0) is 42.3 Å². The fraction of sp³-hybridized carbons (Fsp3) is 0.333. The number of rotatable bonds is 1. The number of aromatic amines is 1. The van der Waals surface area contributed by atoms with Crippen LogP contribution in [0.1, 0.15) is 30.9 Å². The molecule has 0 aliphatic heterocycles. The molecular formula is C12H13NO. The van der Waals surface area contributed by atoms with E-state index in [9.17, 15) is 5.11 Å². The number of H-pyrrole nitrogens is 1. The van der Waals surface area contributed by atoms with Crippen molar-refractivity contribution in [2.75, 3.05) is 0 Å². The first-order valence-electron chi connectivity index (χ1n) is 5.14. The van der Waals surface area contributed by atoms with Gasteiger partial charge in [0, 0.05) is 17.3 Å². The molecule has 1 aromatic heterocycles. The Morgan fingerprint density at radius 3 is 2.79 bits per heavy atom. The monoisotopic (exact) mass is 187 g/mol. The summed E-state index contributed by atoms with van der Waals surface area (Å²) in [7, 11) is 0. The molecule has 0 amide bonds. The average Bonchev–Trinajstić information content (AvgIpc) is 2.43. The van der Waals surface area contributed by atoms with E-state index in [0.717, 1.165) is 11.4 Å². The van der Waals surface area contributed by atoms with Gasteiger partial charge in [0.05, 0.1) is 0 Å². The quantitative estimate of drug-likeness (QED) is 0.706. The van der Waals surface area contributed by atoms with Crippen LogP contribution in [0, 0.1) is 0 Å². The molecule has 0 bridgehead atoms. The second kappa shape index (κ2) is 2.77. The van der Waals surface area contributed by atoms with Gasteiger partial charge in [0.25, 0.3) is 0 Å². The minimum atomic E-state index is 0.333. The van der Waals surface area contributed by atoms with E-state index in [1.165, 1.54) is 30.3 Å². The minimum absolute atomic E-state index is 0.333. The summed E-state index contributed by atoms with van der Waals surface area (Å²) in [5, 5.41) is 10.5. The normalized spacial score (nSPS) is 17.1. The zero-order chi connectivity index (χ0) is 9.54. The Bertz CT molecular complexity index is 468. The molecule has 2 heteroatoms. The molecule has 72 valence electrons. The summed E-state index contributed by atoms with van der Waals surface area (Å²) in [6.45, 7) is 0. The lowest BCUT2D eigenvalue weighted by molar-refractivity contribution is 0.413. The Morgan fingerprint density at radius 2 is 2.07 bits per heavy atom. The summed E-state index contributed by atoms with van der Waals surface area (Å²) in [5.41, 5.74) is 2.38. The highest BCUT2D eigenvalue weighted by molar-refractivity contribution is 5.81. The average molecular weight is 187 g/mol. The number of hydrogen-bond acceptors (Lipinski definition) is 1. The van der Waals surface area contributed by atoms with Crippen LogP contribution >= 0.6 is 0 Å². The van der Waals surface area contributed by atoms with Gasteiger partial charge in [0.15, 0.2) is 0 Å². The van der Waals surface area contributed by atoms with Crippen molar-refractivity contribution in [1.29, 1.82) is 0 Å². The third kappa shape index (κ3) is 1.10. The van der Waals surface area contributed by atoms with Crippen LogP contribution in [0.3, 0.4) is 0 Å². The van der Waals surface area contributed by atoms with Crippen molar-refractivity contribution >= 4 is 10.9 Å². The summed E-state index contributed by atoms with van der Waals surface area (Å²) < 4.78 is 0. The van der Waals surface area contributed by atoms with Gasteiger partial charge in [-0.3, -0.25) is 0 Å². The summed E-state index contributed by atoms with van der Waals surface area (Å²) in [6, 6.07) is 7.69. The molecule has 1 aromatic carbocycles. The zero-order valence-electron chi connectivity index (χ0n) is 7.96. The lowest BCUT2D eigenvalue weighted by atomic mass is 9.83. The van der Waals surface area contributed by atoms with Crippen LogP contribution in [0.4, 0.5) is 0 Å². The number of aromatic nitrogens is 1. The van der Waals surface area contributed by atoms with Gasteiger partial charge in [-0.15, -0.1) is 0 Å². The fourth-order valence-corrected chi connectivity index (χ4v) is 2.08. The Kier molecular flexibility index (Phi) is 1.57. The first kappa shape index (κ1) is 7.92. The van der Waals surface area contributed by atoms with E-state index in [-0.39, 0.29) is 0 Å². The van der Waals surface area contributed by atoms with Crippen LogP contribution in [0.2, 0.25) is 0 Å². The second-order valence-corrected chi connectivity index (χ2v) is 4.12. The Labute approximate surface area is 82.6 Å². The van der Waals surface area contributed by atoms with E-state index in [4.69, 9.17) is 0 Å². The van der Waals surface area contributed by atoms with Crippen LogP contribution in [0.5, 0.6) is 5.75 Å². The summed E-state index contributed by atoms with van der Waals surface area (Å²) >= 11 is 0. The van der Waals surface area contributed by atoms with Crippen LogP contribution in [0.25, 0.3) is 10.9 Å². The van der Waals surface area contributed by atoms with Gasteiger partial charge in [-0.25, -0.2) is 0 Å². The fourth-order valence-electron chi connectivity index (χ4n) is 2.08. The first-order chi connectivity index (χ1) is 6.83. The van der Waals surface area contributed by atoms with Gasteiger partial charge in [0.1, 0.15) is 5.75 Å². The molecule has 2 N–H and O–H groups in total. The largest absolute Gasteiger partial charge is 0.508 e. The van der Waals surface area contributed by atoms with E-state index in [0.29, 0.717) is 5.75 Å². The third-order valence-electron chi connectivity index (χ3n) is 3.17. The number of nitrogens with one attached hydrogen (secondary N) is 1. The van der Waals surface area contributed by atoms with Crippen molar-refractivity contribution in [1.82, 2.24) is 4.98 Å². The highest BCUT2D eigenvalue weighted by Gasteiger charge is 2.20. The van der Waals surface area contributed by atoms with Crippen LogP contribution < -0.4 is 0 Å². The molecule has 1 aliphatic rings. The molecule has 0 radical (unpaired) electrons. The number of hydrogen-bond donors (Lipinski definition) is 2. The Morgan fingerprint density at radius 1 is 1.21 bits per heavy atom. The maximum Gasteiger partial charge on any atom is 0.117 e. The van der Waals surface area contributed by atoms with Gasteiger partial charge in [-0.1, -0.05) is 6.42 Å². The maximum atomic E-state index is 9.33. The smallest absolute Gasteiger partial charge is 0.117 e. The molecule has 3 rings (SSSR count). The van der Waals surface area contributed by atoms with Gasteiger partial charge in [-0.2, -0.15) is 0 Å². The molecule has 2 nitrogen and oxygen atoms in total. The van der Waals surface area contributed by atoms with E-state index in [1.807, 2.05) is 6.07 Å². The van der Waals surface area contributed by atoms with E-state index < -0.39 is 0 Å². The highest BCUT2D eigenvalue weighted by atomic mass is 16.3. The van der Waals surface area contributed by atoms with Crippen LogP contribution in [-0.2, 0) is 0 Å². The Balaban J connectivity index is 2.10. The Hall–Kier alpha value is -1.44. The van der Waals surface area contributed by atoms with E-state index >= 15 is 0 Å². The van der Waals surface area contributed by atoms with E-state index in [1.54, 1.807) is 12.1 Å². The van der Waals surface area contributed by atoms with Crippen molar-refractivity contribution in [3.63, 3.8) is 0 Å². The number of phenols is 1. The molecule has 14 heavy (non-hydrogen) atoms. The zero-order valence-corrected chi connectivity index (χ0v) is 7.96. The first-order valence-corrected chi connectivity index (χ1v) is 5.14. The molecule has 0 unspecified atom stereocenters. The predicted molar refractivity (Wildman–Crippen MR) is 56.6 cm³/mol. The van der Waals surface area contributed by atoms with Gasteiger partial charge < -0.3 is 10.1 Å². The lowest BCUT2D eigenvalue weighted by Gasteiger charge is -2.23. The lowest BCUT2D eigenvalue weighted by Crippen LogP contribution is -2.08. The molecule has 0 atom stereocenters. The molecule has 1 heterocycles. The topological polar surface area (TPSA) is 36.0 Å². The minimum Gasteiger partial charge on any atom is -0.508 e. The van der Waals surface area contributed by atoms with Crippen molar-refractivity contribution < 1.29 is 5.11 Å². The van der Waals surface area contributed by atoms with Crippen molar-refractivity contribution in [3.8, 4) is 5.75 Å². The third-order valence-corrected chi connectivity index (χ3v) is 3.17. The SMILES string of the molecule is Oc1ccc2cc(C3CCC3)[nH]c2c1. The number of phenolic OH excluding ortho intramolecular Hbond substituents is 1. The van der Waals surface area contributed by atoms with Crippen molar-refractivity contribution in [2.24, 2.45) is 0 Å². The van der Waals surface area contributed by atoms with Gasteiger partial charge in [0.2, 0.25) is 0 Å². The molecule has 0 spiro atoms. The van der Waals surface area contributed by atoms with Crippen LogP contribution in [-0.4, -0.2) is 10.1 Å². The molecular weight excluding hydrogens is 174 g/mol. The molecule has 1 aliphatic carbocycles. The number of aromatic hydroxyl groups is 1. The molecule has 1 saturated carbocycles. The molecule has 0 saturated heterocycles.